The van der Waals surface area contributed by atoms with E-state index in [4.69, 9.17) is 9.47 Å². The third-order valence-corrected chi connectivity index (χ3v) is 8.05. The molecule has 0 atom stereocenters. The van der Waals surface area contributed by atoms with Gasteiger partial charge < -0.3 is 9.47 Å². The summed E-state index contributed by atoms with van der Waals surface area (Å²) in [5.41, 5.74) is 1.42. The van der Waals surface area contributed by atoms with Crippen LogP contribution in [-0.4, -0.2) is 46.7 Å². The normalized spacial score (nSPS) is 15.1. The standard InChI is InChI=1S/C26H28F2N2O4S/c1-33-24-15-19(16-25(17-24)34-2)18-29-13-11-23(12-14-29)30(22-7-3-20(27)4-8-22)35(31,32)26-9-5-21(28)6-10-26/h3-10,15-17,23H,11-14,18H2,1-2H3. The van der Waals surface area contributed by atoms with Crippen LogP contribution in [0.2, 0.25) is 0 Å². The van der Waals surface area contributed by atoms with Crippen LogP contribution in [0.3, 0.4) is 0 Å². The molecule has 0 N–H and O–H groups in total. The Kier molecular flexibility index (Phi) is 7.57. The number of hydrogen-bond donors (Lipinski definition) is 0. The highest BCUT2D eigenvalue weighted by atomic mass is 32.2. The Morgan fingerprint density at radius 1 is 0.857 bits per heavy atom. The molecule has 1 saturated heterocycles. The Bertz CT molecular complexity index is 1220. The second-order valence-electron chi connectivity index (χ2n) is 8.46. The molecule has 1 heterocycles. The van der Waals surface area contributed by atoms with Gasteiger partial charge in [0.15, 0.2) is 0 Å². The van der Waals surface area contributed by atoms with Crippen molar-refractivity contribution >= 4 is 15.7 Å². The average molecular weight is 503 g/mol. The van der Waals surface area contributed by atoms with Crippen LogP contribution in [0.15, 0.2) is 71.6 Å². The Balaban J connectivity index is 1.55. The van der Waals surface area contributed by atoms with Crippen LogP contribution < -0.4 is 13.8 Å². The third-order valence-electron chi connectivity index (χ3n) is 6.16. The van der Waals surface area contributed by atoms with Crippen molar-refractivity contribution in [3.8, 4) is 11.5 Å². The maximum atomic E-state index is 13.6. The summed E-state index contributed by atoms with van der Waals surface area (Å²) in [5, 5.41) is 0. The smallest absolute Gasteiger partial charge is 0.264 e. The largest absolute Gasteiger partial charge is 0.497 e. The second kappa shape index (κ2) is 10.6. The van der Waals surface area contributed by atoms with Crippen molar-refractivity contribution in [2.45, 2.75) is 30.3 Å². The highest BCUT2D eigenvalue weighted by Crippen LogP contribution is 2.32. The van der Waals surface area contributed by atoms with Gasteiger partial charge >= 0.3 is 0 Å². The molecule has 1 fully saturated rings. The molecular formula is C26H28F2N2O4S. The summed E-state index contributed by atoms with van der Waals surface area (Å²) in [4.78, 5) is 2.24. The summed E-state index contributed by atoms with van der Waals surface area (Å²) in [7, 11) is -0.772. The molecule has 186 valence electrons. The summed E-state index contributed by atoms with van der Waals surface area (Å²) in [6.07, 6.45) is 1.16. The monoisotopic (exact) mass is 502 g/mol. The highest BCUT2D eigenvalue weighted by molar-refractivity contribution is 7.92. The summed E-state index contributed by atoms with van der Waals surface area (Å²) in [6.45, 7) is 2.00. The van der Waals surface area contributed by atoms with E-state index in [0.29, 0.717) is 49.7 Å². The van der Waals surface area contributed by atoms with Gasteiger partial charge in [-0.15, -0.1) is 0 Å². The van der Waals surface area contributed by atoms with Crippen LogP contribution in [0.25, 0.3) is 0 Å². The van der Waals surface area contributed by atoms with E-state index in [9.17, 15) is 17.2 Å². The number of rotatable bonds is 8. The highest BCUT2D eigenvalue weighted by Gasteiger charge is 2.34. The van der Waals surface area contributed by atoms with Crippen LogP contribution in [0, 0.1) is 11.6 Å². The predicted molar refractivity (Wildman–Crippen MR) is 130 cm³/mol. The number of sulfonamides is 1. The molecule has 1 aliphatic rings. The molecule has 0 aliphatic carbocycles. The van der Waals surface area contributed by atoms with E-state index in [1.807, 2.05) is 18.2 Å². The third kappa shape index (κ3) is 5.74. The van der Waals surface area contributed by atoms with Gasteiger partial charge in [0.1, 0.15) is 23.1 Å². The molecule has 0 radical (unpaired) electrons. The van der Waals surface area contributed by atoms with E-state index in [1.54, 1.807) is 14.2 Å². The van der Waals surface area contributed by atoms with Gasteiger partial charge in [-0.3, -0.25) is 9.21 Å². The minimum absolute atomic E-state index is 0.00543. The number of nitrogens with zero attached hydrogens (tertiary/aromatic N) is 2. The maximum Gasteiger partial charge on any atom is 0.264 e. The molecular weight excluding hydrogens is 474 g/mol. The lowest BCUT2D eigenvalue weighted by molar-refractivity contribution is 0.206. The molecule has 35 heavy (non-hydrogen) atoms. The summed E-state index contributed by atoms with van der Waals surface area (Å²) >= 11 is 0. The molecule has 0 bridgehead atoms. The maximum absolute atomic E-state index is 13.6. The zero-order valence-electron chi connectivity index (χ0n) is 19.7. The Morgan fingerprint density at radius 3 is 1.89 bits per heavy atom. The minimum Gasteiger partial charge on any atom is -0.497 e. The van der Waals surface area contributed by atoms with Gasteiger partial charge in [-0.2, -0.15) is 0 Å². The van der Waals surface area contributed by atoms with Crippen molar-refractivity contribution in [2.75, 3.05) is 31.6 Å². The lowest BCUT2D eigenvalue weighted by atomic mass is 10.0. The zero-order chi connectivity index (χ0) is 25.0. The number of hydrogen-bond acceptors (Lipinski definition) is 5. The number of halogens is 2. The number of likely N-dealkylation sites (tertiary alicyclic amines) is 1. The lowest BCUT2D eigenvalue weighted by Crippen LogP contribution is -2.47. The van der Waals surface area contributed by atoms with Gasteiger partial charge in [-0.05, 0) is 79.1 Å². The summed E-state index contributed by atoms with van der Waals surface area (Å²) in [6, 6.07) is 15.6. The van der Waals surface area contributed by atoms with E-state index in [-0.39, 0.29) is 10.9 Å². The SMILES string of the molecule is COc1cc(CN2CCC(N(c3ccc(F)cc3)S(=O)(=O)c3ccc(F)cc3)CC2)cc(OC)c1. The van der Waals surface area contributed by atoms with E-state index in [2.05, 4.69) is 4.90 Å². The predicted octanol–water partition coefficient (Wildman–Crippen LogP) is 4.84. The van der Waals surface area contributed by atoms with Gasteiger partial charge in [0.05, 0.1) is 24.8 Å². The number of methoxy groups -OCH3 is 2. The second-order valence-corrected chi connectivity index (χ2v) is 10.3. The number of ether oxygens (including phenoxy) is 2. The van der Waals surface area contributed by atoms with Gasteiger partial charge in [0.2, 0.25) is 0 Å². The molecule has 0 aromatic heterocycles. The fourth-order valence-corrected chi connectivity index (χ4v) is 6.09. The van der Waals surface area contributed by atoms with E-state index in [1.165, 1.54) is 40.7 Å². The van der Waals surface area contributed by atoms with Crippen LogP contribution in [0.1, 0.15) is 18.4 Å². The van der Waals surface area contributed by atoms with Crippen molar-refractivity contribution < 1.29 is 26.7 Å². The molecule has 1 aliphatic heterocycles. The molecule has 3 aromatic rings. The van der Waals surface area contributed by atoms with Crippen molar-refractivity contribution in [1.29, 1.82) is 0 Å². The zero-order valence-corrected chi connectivity index (χ0v) is 20.5. The molecule has 0 amide bonds. The van der Waals surface area contributed by atoms with Crippen LogP contribution in [0.4, 0.5) is 14.5 Å². The molecule has 3 aromatic carbocycles. The van der Waals surface area contributed by atoms with E-state index >= 15 is 0 Å². The molecule has 0 unspecified atom stereocenters. The first kappa shape index (κ1) is 24.9. The molecule has 0 spiro atoms. The lowest BCUT2D eigenvalue weighted by Gasteiger charge is -2.39. The average Bonchev–Trinajstić information content (AvgIpc) is 2.86. The van der Waals surface area contributed by atoms with Crippen LogP contribution >= 0.6 is 0 Å². The fourth-order valence-electron chi connectivity index (χ4n) is 4.38. The molecule has 0 saturated carbocycles. The molecule has 9 heteroatoms. The number of benzene rings is 3. The van der Waals surface area contributed by atoms with Crippen LogP contribution in [-0.2, 0) is 16.6 Å². The van der Waals surface area contributed by atoms with Gasteiger partial charge in [-0.1, -0.05) is 0 Å². The Hall–Kier alpha value is -3.17. The Morgan fingerprint density at radius 2 is 1.37 bits per heavy atom. The van der Waals surface area contributed by atoms with Gasteiger partial charge in [0.25, 0.3) is 10.0 Å². The van der Waals surface area contributed by atoms with E-state index in [0.717, 1.165) is 17.7 Å². The summed E-state index contributed by atoms with van der Waals surface area (Å²) in [5.74, 6) is 0.459. The van der Waals surface area contributed by atoms with E-state index < -0.39 is 21.7 Å². The number of piperidine rings is 1. The van der Waals surface area contributed by atoms with Gasteiger partial charge in [-0.25, -0.2) is 17.2 Å². The van der Waals surface area contributed by atoms with Crippen molar-refractivity contribution in [1.82, 2.24) is 4.90 Å². The first-order chi connectivity index (χ1) is 16.8. The Labute approximate surface area is 204 Å². The number of anilines is 1. The molecule has 4 rings (SSSR count). The first-order valence-corrected chi connectivity index (χ1v) is 12.7. The van der Waals surface area contributed by atoms with Crippen LogP contribution in [0.5, 0.6) is 11.5 Å². The van der Waals surface area contributed by atoms with Crippen molar-refractivity contribution in [3.05, 3.63) is 83.9 Å². The topological polar surface area (TPSA) is 59.1 Å². The molecule has 6 nitrogen and oxygen atoms in total. The minimum atomic E-state index is -3.99. The quantitative estimate of drug-likeness (QED) is 0.441. The summed E-state index contributed by atoms with van der Waals surface area (Å²) < 4.78 is 66.3. The van der Waals surface area contributed by atoms with Crippen molar-refractivity contribution in [2.24, 2.45) is 0 Å². The van der Waals surface area contributed by atoms with Gasteiger partial charge in [0, 0.05) is 31.7 Å². The fraction of sp³-hybridized carbons (Fsp3) is 0.308. The van der Waals surface area contributed by atoms with Crippen molar-refractivity contribution in [3.63, 3.8) is 0 Å². The first-order valence-electron chi connectivity index (χ1n) is 11.3.